The van der Waals surface area contributed by atoms with Crippen molar-refractivity contribution in [1.82, 2.24) is 9.80 Å². The van der Waals surface area contributed by atoms with E-state index < -0.39 is 0 Å². The average molecular weight is 320 g/mol. The zero-order valence-corrected chi connectivity index (χ0v) is 15.0. The molecule has 1 aliphatic heterocycles. The molecule has 1 aromatic rings. The maximum atomic E-state index is 5.56. The Kier molecular flexibility index (Phi) is 6.65. The molecule has 1 atom stereocenters. The monoisotopic (exact) mass is 319 g/mol. The van der Waals surface area contributed by atoms with Gasteiger partial charge >= 0.3 is 0 Å². The topological polar surface area (TPSA) is 18.5 Å². The SMILES string of the molecule is CCCN1CCN(C(=S)Nc2ccc([C@@H](C)CC)cc2)CC1. The van der Waals surface area contributed by atoms with Crippen LogP contribution in [0.15, 0.2) is 24.3 Å². The summed E-state index contributed by atoms with van der Waals surface area (Å²) in [7, 11) is 0. The fraction of sp³-hybridized carbons (Fsp3) is 0.611. The number of hydrogen-bond donors (Lipinski definition) is 1. The molecule has 1 heterocycles. The molecular formula is C18H29N3S. The predicted octanol–water partition coefficient (Wildman–Crippen LogP) is 3.92. The molecule has 122 valence electrons. The normalized spacial score (nSPS) is 17.3. The zero-order chi connectivity index (χ0) is 15.9. The van der Waals surface area contributed by atoms with Crippen LogP contribution in [-0.4, -0.2) is 47.6 Å². The summed E-state index contributed by atoms with van der Waals surface area (Å²) in [5.74, 6) is 0.618. The van der Waals surface area contributed by atoms with Crippen LogP contribution in [0.25, 0.3) is 0 Å². The Morgan fingerprint density at radius 2 is 1.77 bits per heavy atom. The Bertz CT molecular complexity index is 464. The maximum absolute atomic E-state index is 5.56. The lowest BCUT2D eigenvalue weighted by Gasteiger charge is -2.36. The van der Waals surface area contributed by atoms with Gasteiger partial charge in [-0.1, -0.05) is 32.9 Å². The van der Waals surface area contributed by atoms with Gasteiger partial charge in [-0.3, -0.25) is 4.90 Å². The van der Waals surface area contributed by atoms with Crippen molar-refractivity contribution < 1.29 is 0 Å². The number of piperazine rings is 1. The lowest BCUT2D eigenvalue weighted by Crippen LogP contribution is -2.49. The third kappa shape index (κ3) is 4.68. The van der Waals surface area contributed by atoms with Gasteiger partial charge in [-0.05, 0) is 55.2 Å². The summed E-state index contributed by atoms with van der Waals surface area (Å²) < 4.78 is 0. The molecule has 1 aliphatic rings. The van der Waals surface area contributed by atoms with Crippen LogP contribution in [0.4, 0.5) is 5.69 Å². The summed E-state index contributed by atoms with van der Waals surface area (Å²) in [4.78, 5) is 4.80. The van der Waals surface area contributed by atoms with Crippen LogP contribution < -0.4 is 5.32 Å². The summed E-state index contributed by atoms with van der Waals surface area (Å²) in [5, 5.41) is 4.24. The Hall–Kier alpha value is -1.13. The number of nitrogens with zero attached hydrogens (tertiary/aromatic N) is 2. The summed E-state index contributed by atoms with van der Waals surface area (Å²) in [5.41, 5.74) is 2.49. The number of benzene rings is 1. The van der Waals surface area contributed by atoms with Crippen LogP contribution in [-0.2, 0) is 0 Å². The molecule has 0 spiro atoms. The minimum absolute atomic E-state index is 0.618. The van der Waals surface area contributed by atoms with Gasteiger partial charge in [-0.15, -0.1) is 0 Å². The summed E-state index contributed by atoms with van der Waals surface area (Å²) in [6.45, 7) is 12.2. The summed E-state index contributed by atoms with van der Waals surface area (Å²) in [6.07, 6.45) is 2.40. The lowest BCUT2D eigenvalue weighted by molar-refractivity contribution is 0.184. The maximum Gasteiger partial charge on any atom is 0.173 e. The number of hydrogen-bond acceptors (Lipinski definition) is 2. The van der Waals surface area contributed by atoms with Crippen molar-refractivity contribution in [1.29, 1.82) is 0 Å². The van der Waals surface area contributed by atoms with Crippen molar-refractivity contribution in [3.8, 4) is 0 Å². The van der Waals surface area contributed by atoms with Gasteiger partial charge in [0.25, 0.3) is 0 Å². The first-order valence-electron chi connectivity index (χ1n) is 8.52. The van der Waals surface area contributed by atoms with Crippen molar-refractivity contribution in [2.45, 2.75) is 39.5 Å². The van der Waals surface area contributed by atoms with Gasteiger partial charge in [-0.25, -0.2) is 0 Å². The highest BCUT2D eigenvalue weighted by Crippen LogP contribution is 2.20. The molecule has 0 unspecified atom stereocenters. The van der Waals surface area contributed by atoms with Gasteiger partial charge in [0.2, 0.25) is 0 Å². The lowest BCUT2D eigenvalue weighted by atomic mass is 9.99. The molecule has 1 N–H and O–H groups in total. The first kappa shape index (κ1) is 17.2. The highest BCUT2D eigenvalue weighted by Gasteiger charge is 2.18. The molecule has 22 heavy (non-hydrogen) atoms. The van der Waals surface area contributed by atoms with E-state index in [0.717, 1.165) is 37.0 Å². The number of anilines is 1. The molecule has 0 aromatic heterocycles. The van der Waals surface area contributed by atoms with Crippen molar-refractivity contribution in [3.05, 3.63) is 29.8 Å². The highest BCUT2D eigenvalue weighted by atomic mass is 32.1. The first-order valence-corrected chi connectivity index (χ1v) is 8.93. The van der Waals surface area contributed by atoms with E-state index in [9.17, 15) is 0 Å². The smallest absolute Gasteiger partial charge is 0.173 e. The van der Waals surface area contributed by atoms with Crippen LogP contribution in [0.2, 0.25) is 0 Å². The minimum Gasteiger partial charge on any atom is -0.346 e. The Labute approximate surface area is 140 Å². The second kappa shape index (κ2) is 8.49. The van der Waals surface area contributed by atoms with E-state index in [1.54, 1.807) is 0 Å². The Balaban J connectivity index is 1.84. The van der Waals surface area contributed by atoms with Gasteiger partial charge in [0.1, 0.15) is 0 Å². The molecule has 3 nitrogen and oxygen atoms in total. The third-order valence-electron chi connectivity index (χ3n) is 4.54. The zero-order valence-electron chi connectivity index (χ0n) is 14.1. The molecule has 0 saturated carbocycles. The third-order valence-corrected chi connectivity index (χ3v) is 4.90. The van der Waals surface area contributed by atoms with Gasteiger partial charge < -0.3 is 10.2 Å². The van der Waals surface area contributed by atoms with Gasteiger partial charge in [0.15, 0.2) is 5.11 Å². The van der Waals surface area contributed by atoms with E-state index in [1.807, 2.05) is 0 Å². The van der Waals surface area contributed by atoms with Crippen LogP contribution in [0.5, 0.6) is 0 Å². The molecule has 0 amide bonds. The second-order valence-corrected chi connectivity index (χ2v) is 6.58. The second-order valence-electron chi connectivity index (χ2n) is 6.19. The van der Waals surface area contributed by atoms with Crippen molar-refractivity contribution >= 4 is 23.0 Å². The molecule has 4 heteroatoms. The van der Waals surface area contributed by atoms with Gasteiger partial charge in [0, 0.05) is 31.9 Å². The molecule has 1 saturated heterocycles. The summed E-state index contributed by atoms with van der Waals surface area (Å²) >= 11 is 5.56. The van der Waals surface area contributed by atoms with E-state index in [2.05, 4.69) is 60.2 Å². The van der Waals surface area contributed by atoms with Crippen LogP contribution in [0.3, 0.4) is 0 Å². The minimum atomic E-state index is 0.618. The predicted molar refractivity (Wildman–Crippen MR) is 99.7 cm³/mol. The van der Waals surface area contributed by atoms with Crippen molar-refractivity contribution in [2.75, 3.05) is 38.0 Å². The molecule has 1 fully saturated rings. The van der Waals surface area contributed by atoms with Gasteiger partial charge in [0.05, 0.1) is 0 Å². The number of rotatable bonds is 5. The number of thiocarbonyl (C=S) groups is 1. The first-order chi connectivity index (χ1) is 10.6. The quantitative estimate of drug-likeness (QED) is 0.829. The number of nitrogens with one attached hydrogen (secondary N) is 1. The van der Waals surface area contributed by atoms with E-state index >= 15 is 0 Å². The summed E-state index contributed by atoms with van der Waals surface area (Å²) in [6, 6.07) is 8.69. The van der Waals surface area contributed by atoms with Crippen molar-refractivity contribution in [2.24, 2.45) is 0 Å². The van der Waals surface area contributed by atoms with E-state index in [0.29, 0.717) is 5.92 Å². The largest absolute Gasteiger partial charge is 0.346 e. The standard InChI is InChI=1S/C18H29N3S/c1-4-10-20-11-13-21(14-12-20)18(22)19-17-8-6-16(7-9-17)15(3)5-2/h6-9,15H,4-5,10-14H2,1-3H3,(H,19,22)/t15-/m0/s1. The molecule has 0 bridgehead atoms. The van der Waals surface area contributed by atoms with Crippen LogP contribution >= 0.6 is 12.2 Å². The fourth-order valence-electron chi connectivity index (χ4n) is 2.82. The highest BCUT2D eigenvalue weighted by molar-refractivity contribution is 7.80. The average Bonchev–Trinajstić information content (AvgIpc) is 2.55. The fourth-order valence-corrected chi connectivity index (χ4v) is 3.12. The van der Waals surface area contributed by atoms with Crippen LogP contribution in [0.1, 0.15) is 45.1 Å². The molecular weight excluding hydrogens is 290 g/mol. The van der Waals surface area contributed by atoms with E-state index in [-0.39, 0.29) is 0 Å². The Morgan fingerprint density at radius 1 is 1.14 bits per heavy atom. The van der Waals surface area contributed by atoms with Crippen LogP contribution in [0, 0.1) is 0 Å². The molecule has 0 aliphatic carbocycles. The Morgan fingerprint density at radius 3 is 2.32 bits per heavy atom. The van der Waals surface area contributed by atoms with Gasteiger partial charge in [-0.2, -0.15) is 0 Å². The molecule has 0 radical (unpaired) electrons. The molecule has 2 rings (SSSR count). The van der Waals surface area contributed by atoms with E-state index in [1.165, 1.54) is 24.9 Å². The van der Waals surface area contributed by atoms with Crippen molar-refractivity contribution in [3.63, 3.8) is 0 Å². The van der Waals surface area contributed by atoms with E-state index in [4.69, 9.17) is 12.2 Å². The molecule has 1 aromatic carbocycles.